The normalized spacial score (nSPS) is 10.7. The van der Waals surface area contributed by atoms with Gasteiger partial charge in [-0.2, -0.15) is 0 Å². The van der Waals surface area contributed by atoms with Crippen molar-refractivity contribution >= 4 is 33.3 Å². The van der Waals surface area contributed by atoms with Gasteiger partial charge in [0.25, 0.3) is 0 Å². The molecule has 0 radical (unpaired) electrons. The van der Waals surface area contributed by atoms with E-state index in [0.29, 0.717) is 0 Å². The van der Waals surface area contributed by atoms with Crippen LogP contribution in [0.1, 0.15) is 0 Å². The summed E-state index contributed by atoms with van der Waals surface area (Å²) in [6.07, 6.45) is 0. The number of hydrogen-bond acceptors (Lipinski definition) is 3. The molecule has 0 aliphatic rings. The van der Waals surface area contributed by atoms with Crippen molar-refractivity contribution in [1.29, 1.82) is 0 Å². The van der Waals surface area contributed by atoms with Crippen molar-refractivity contribution < 1.29 is 81.9 Å². The summed E-state index contributed by atoms with van der Waals surface area (Å²) in [4.78, 5) is -0.450. The van der Waals surface area contributed by atoms with E-state index >= 15 is 0 Å². The van der Waals surface area contributed by atoms with E-state index in [2.05, 4.69) is 0 Å². The van der Waals surface area contributed by atoms with Crippen LogP contribution in [-0.4, -0.2) is 13.0 Å². The van der Waals surface area contributed by atoms with E-state index in [0.717, 1.165) is 6.07 Å². The van der Waals surface area contributed by atoms with Crippen LogP contribution >= 0.6 is 23.2 Å². The molecule has 7 heteroatoms. The summed E-state index contributed by atoms with van der Waals surface area (Å²) >= 11 is 10.9. The first-order valence-corrected chi connectivity index (χ1v) is 4.98. The molecule has 0 aromatic heterocycles. The zero-order valence-corrected chi connectivity index (χ0v) is 15.2. The van der Waals surface area contributed by atoms with E-state index in [1.807, 2.05) is 0 Å². The largest absolute Gasteiger partial charge is 1.00 e. The fourth-order valence-electron chi connectivity index (χ4n) is 0.678. The van der Waals surface area contributed by atoms with Gasteiger partial charge in [-0.15, -0.1) is 0 Å². The Hall–Kier alpha value is 1.76. The van der Waals surface area contributed by atoms with Crippen molar-refractivity contribution in [3.05, 3.63) is 28.2 Å². The molecule has 0 heterocycles. The predicted molar refractivity (Wildman–Crippen MR) is 44.4 cm³/mol. The number of hydrogen-bond donors (Lipinski definition) is 0. The van der Waals surface area contributed by atoms with E-state index in [-0.39, 0.29) is 78.9 Å². The van der Waals surface area contributed by atoms with Gasteiger partial charge in [-0.05, 0) is 18.2 Å². The van der Waals surface area contributed by atoms with Crippen LogP contribution < -0.4 is 68.9 Å². The van der Waals surface area contributed by atoms with Gasteiger partial charge in [0.1, 0.15) is 10.1 Å². The van der Waals surface area contributed by atoms with Gasteiger partial charge in [0, 0.05) is 5.02 Å². The Kier molecular flexibility index (Phi) is 6.52. The fraction of sp³-hybridized carbons (Fsp3) is 0. The minimum Gasteiger partial charge on any atom is -0.744 e. The number of halogens is 2. The molecule has 3 nitrogen and oxygen atoms in total. The van der Waals surface area contributed by atoms with Crippen LogP contribution in [0.25, 0.3) is 0 Å². The summed E-state index contributed by atoms with van der Waals surface area (Å²) < 4.78 is 31.4. The molecule has 0 amide bonds. The summed E-state index contributed by atoms with van der Waals surface area (Å²) in [7, 11) is -4.49. The van der Waals surface area contributed by atoms with Gasteiger partial charge in [-0.3, -0.25) is 0 Å². The van der Waals surface area contributed by atoms with E-state index in [1.165, 1.54) is 12.1 Å². The average molecular weight is 359 g/mol. The zero-order chi connectivity index (χ0) is 9.35. The van der Waals surface area contributed by atoms with E-state index in [9.17, 15) is 13.0 Å². The summed E-state index contributed by atoms with van der Waals surface area (Å²) in [5.41, 5.74) is 0. The summed E-state index contributed by atoms with van der Waals surface area (Å²) in [5.74, 6) is 0. The second kappa shape index (κ2) is 5.74. The third kappa shape index (κ3) is 4.42. The molecule has 13 heavy (non-hydrogen) atoms. The van der Waals surface area contributed by atoms with Crippen LogP contribution in [0.2, 0.25) is 10.0 Å². The first kappa shape index (κ1) is 14.8. The third-order valence-corrected chi connectivity index (χ3v) is 2.72. The Morgan fingerprint density at radius 2 is 1.77 bits per heavy atom. The van der Waals surface area contributed by atoms with E-state index in [1.54, 1.807) is 0 Å². The first-order valence-electron chi connectivity index (χ1n) is 2.82. The molecule has 0 unspecified atom stereocenters. The molecule has 0 fully saturated rings. The van der Waals surface area contributed by atoms with Gasteiger partial charge < -0.3 is 4.55 Å². The van der Waals surface area contributed by atoms with Crippen LogP contribution in [0.15, 0.2) is 23.1 Å². The van der Waals surface area contributed by atoms with Gasteiger partial charge in [-0.25, -0.2) is 8.42 Å². The van der Waals surface area contributed by atoms with Crippen LogP contribution in [0.5, 0.6) is 0 Å². The molecule has 0 aliphatic carbocycles. The Morgan fingerprint density at radius 3 is 2.15 bits per heavy atom. The fourth-order valence-corrected chi connectivity index (χ4v) is 1.90. The standard InChI is InChI=1S/C6H4Cl2O3S.Cs/c7-4-1-2-6(5(8)3-4)12(9,10)11;/h1-3H,(H,9,10,11);/q;+1/p-1. The van der Waals surface area contributed by atoms with Gasteiger partial charge >= 0.3 is 68.9 Å². The molecule has 0 N–H and O–H groups in total. The molecule has 1 aromatic carbocycles. The first-order chi connectivity index (χ1) is 5.41. The third-order valence-electron chi connectivity index (χ3n) is 1.16. The maximum Gasteiger partial charge on any atom is 1.00 e. The van der Waals surface area contributed by atoms with Crippen molar-refractivity contribution in [3.8, 4) is 0 Å². The van der Waals surface area contributed by atoms with Crippen molar-refractivity contribution in [2.24, 2.45) is 0 Å². The van der Waals surface area contributed by atoms with Gasteiger partial charge in [0.05, 0.1) is 9.92 Å². The molecule has 1 rings (SSSR count). The average Bonchev–Trinajstić information content (AvgIpc) is 1.83. The minimum atomic E-state index is -4.49. The molecule has 0 bridgehead atoms. The smallest absolute Gasteiger partial charge is 0.744 e. The van der Waals surface area contributed by atoms with Crippen molar-refractivity contribution in [2.45, 2.75) is 4.90 Å². The second-order valence-corrected chi connectivity index (χ2v) is 4.22. The maximum absolute atomic E-state index is 10.5. The molecule has 0 aliphatic heterocycles. The summed E-state index contributed by atoms with van der Waals surface area (Å²) in [6, 6.07) is 3.57. The summed E-state index contributed by atoms with van der Waals surface area (Å²) in [5, 5.41) is 0.130. The number of benzene rings is 1. The Balaban J connectivity index is 0.00000144. The van der Waals surface area contributed by atoms with E-state index < -0.39 is 15.0 Å². The Morgan fingerprint density at radius 1 is 1.23 bits per heavy atom. The van der Waals surface area contributed by atoms with Gasteiger partial charge in [-0.1, -0.05) is 23.2 Å². The quantitative estimate of drug-likeness (QED) is 0.599. The van der Waals surface area contributed by atoms with E-state index in [4.69, 9.17) is 23.2 Å². The predicted octanol–water partition coefficient (Wildman–Crippen LogP) is -1.10. The molecule has 0 saturated heterocycles. The number of rotatable bonds is 1. The molecule has 66 valence electrons. The molecular weight excluding hydrogens is 356 g/mol. The minimum absolute atomic E-state index is 0. The zero-order valence-electron chi connectivity index (χ0n) is 6.62. The molecule has 0 spiro atoms. The topological polar surface area (TPSA) is 57.2 Å². The molecule has 0 atom stereocenters. The van der Waals surface area contributed by atoms with Gasteiger partial charge in [0.15, 0.2) is 0 Å². The van der Waals surface area contributed by atoms with Crippen LogP contribution in [-0.2, 0) is 10.1 Å². The molecule has 0 saturated carbocycles. The van der Waals surface area contributed by atoms with Crippen molar-refractivity contribution in [2.75, 3.05) is 0 Å². The van der Waals surface area contributed by atoms with Crippen LogP contribution in [0.4, 0.5) is 0 Å². The Labute approximate surface area is 145 Å². The van der Waals surface area contributed by atoms with Crippen LogP contribution in [0, 0.1) is 0 Å². The molecular formula is C6H3Cl2CsO3S. The van der Waals surface area contributed by atoms with Crippen LogP contribution in [0.3, 0.4) is 0 Å². The monoisotopic (exact) mass is 358 g/mol. The SMILES string of the molecule is O=S(=O)([O-])c1ccc(Cl)cc1Cl.[Cs+]. The summed E-state index contributed by atoms with van der Waals surface area (Å²) in [6.45, 7) is 0. The van der Waals surface area contributed by atoms with Crippen molar-refractivity contribution in [1.82, 2.24) is 0 Å². The second-order valence-electron chi connectivity index (χ2n) is 2.03. The maximum atomic E-state index is 10.5. The van der Waals surface area contributed by atoms with Crippen molar-refractivity contribution in [3.63, 3.8) is 0 Å². The Bertz CT molecular complexity index is 404. The van der Waals surface area contributed by atoms with Gasteiger partial charge in [0.2, 0.25) is 0 Å². The molecule has 1 aromatic rings.